The van der Waals surface area contributed by atoms with Crippen molar-refractivity contribution >= 4 is 37.3 Å². The molecule has 116 valence electrons. The van der Waals surface area contributed by atoms with Gasteiger partial charge in [-0.1, -0.05) is 0 Å². The van der Waals surface area contributed by atoms with Gasteiger partial charge in [0.1, 0.15) is 4.90 Å². The normalized spacial score (nSPS) is 12.6. The Hall–Kier alpha value is 0.01000. The van der Waals surface area contributed by atoms with Crippen molar-refractivity contribution in [2.45, 2.75) is 37.8 Å². The summed E-state index contributed by atoms with van der Waals surface area (Å²) in [6.07, 6.45) is 0.777. The van der Waals surface area contributed by atoms with Crippen molar-refractivity contribution in [2.75, 3.05) is 20.1 Å². The van der Waals surface area contributed by atoms with E-state index in [-0.39, 0.29) is 4.90 Å². The van der Waals surface area contributed by atoms with Crippen LogP contribution in [0.25, 0.3) is 0 Å². The summed E-state index contributed by atoms with van der Waals surface area (Å²) in [5.74, 6) is 0. The van der Waals surface area contributed by atoms with Gasteiger partial charge in [-0.25, -0.2) is 13.1 Å². The van der Waals surface area contributed by atoms with Gasteiger partial charge in [-0.2, -0.15) is 0 Å². The van der Waals surface area contributed by atoms with E-state index in [1.54, 1.807) is 6.07 Å². The van der Waals surface area contributed by atoms with Gasteiger partial charge in [-0.15, -0.1) is 11.3 Å². The third kappa shape index (κ3) is 5.09. The number of nitrogens with one attached hydrogen (secondary N) is 1. The van der Waals surface area contributed by atoms with E-state index in [4.69, 9.17) is 5.73 Å². The number of nitrogens with zero attached hydrogens (tertiary/aromatic N) is 1. The number of hydrogen-bond donors (Lipinski definition) is 2. The highest BCUT2D eigenvalue weighted by atomic mass is 79.9. The van der Waals surface area contributed by atoms with Crippen LogP contribution in [-0.2, 0) is 16.6 Å². The monoisotopic (exact) mass is 383 g/mol. The first kappa shape index (κ1) is 18.1. The van der Waals surface area contributed by atoms with Crippen molar-refractivity contribution in [1.82, 2.24) is 9.62 Å². The molecule has 0 spiro atoms. The molecule has 0 fully saturated rings. The van der Waals surface area contributed by atoms with E-state index in [1.807, 2.05) is 7.05 Å². The Balaban J connectivity index is 2.55. The Morgan fingerprint density at radius 3 is 2.65 bits per heavy atom. The van der Waals surface area contributed by atoms with Gasteiger partial charge in [0.05, 0.1) is 3.79 Å². The molecule has 3 N–H and O–H groups in total. The van der Waals surface area contributed by atoms with Gasteiger partial charge in [0, 0.05) is 24.0 Å². The highest BCUT2D eigenvalue weighted by Crippen LogP contribution is 2.31. The van der Waals surface area contributed by atoms with Gasteiger partial charge in [0.15, 0.2) is 0 Å². The lowest BCUT2D eigenvalue weighted by Gasteiger charge is -2.20. The maximum Gasteiger partial charge on any atom is 0.242 e. The summed E-state index contributed by atoms with van der Waals surface area (Å²) in [7, 11) is -1.43. The molecule has 8 heteroatoms. The Morgan fingerprint density at radius 2 is 2.15 bits per heavy atom. The van der Waals surface area contributed by atoms with Crippen LogP contribution in [0.15, 0.2) is 14.7 Å². The van der Waals surface area contributed by atoms with Crippen molar-refractivity contribution in [3.63, 3.8) is 0 Å². The summed E-state index contributed by atoms with van der Waals surface area (Å²) in [6, 6.07) is 2.09. The summed E-state index contributed by atoms with van der Waals surface area (Å²) in [6.45, 7) is 5.86. The Bertz CT molecular complexity index is 529. The van der Waals surface area contributed by atoms with Crippen molar-refractivity contribution < 1.29 is 8.42 Å². The fourth-order valence-corrected chi connectivity index (χ4v) is 5.19. The van der Waals surface area contributed by atoms with Crippen LogP contribution in [0.5, 0.6) is 0 Å². The first-order valence-electron chi connectivity index (χ1n) is 6.46. The molecule has 0 saturated heterocycles. The smallest absolute Gasteiger partial charge is 0.242 e. The van der Waals surface area contributed by atoms with E-state index < -0.39 is 10.0 Å². The highest BCUT2D eigenvalue weighted by Gasteiger charge is 2.20. The Kier molecular flexibility index (Phi) is 7.10. The molecule has 0 saturated carbocycles. The third-order valence-electron chi connectivity index (χ3n) is 3.06. The molecule has 0 amide bonds. The molecule has 1 aromatic heterocycles. The first-order valence-corrected chi connectivity index (χ1v) is 9.55. The Labute approximate surface area is 133 Å². The van der Waals surface area contributed by atoms with Crippen molar-refractivity contribution in [1.29, 1.82) is 0 Å². The standard InChI is InChI=1S/C12H22BrN3O2S2/c1-9(2)16(3)6-4-5-15-20(17,18)11-7-10(8-14)19-12(11)13/h7,9,15H,4-6,8,14H2,1-3H3. The van der Waals surface area contributed by atoms with Crippen LogP contribution in [0.3, 0.4) is 0 Å². The zero-order valence-corrected chi connectivity index (χ0v) is 15.2. The minimum Gasteiger partial charge on any atom is -0.326 e. The van der Waals surface area contributed by atoms with Gasteiger partial charge in [0.25, 0.3) is 0 Å². The molecular weight excluding hydrogens is 362 g/mol. The van der Waals surface area contributed by atoms with Crippen LogP contribution in [-0.4, -0.2) is 39.5 Å². The molecule has 0 aromatic carbocycles. The first-order chi connectivity index (χ1) is 9.27. The molecule has 0 unspecified atom stereocenters. The molecule has 0 radical (unpaired) electrons. The summed E-state index contributed by atoms with van der Waals surface area (Å²) in [5, 5.41) is 0. The molecule has 0 aliphatic heterocycles. The Morgan fingerprint density at radius 1 is 1.50 bits per heavy atom. The molecule has 5 nitrogen and oxygen atoms in total. The molecule has 0 aliphatic rings. The molecule has 0 aliphatic carbocycles. The SMILES string of the molecule is CC(C)N(C)CCCNS(=O)(=O)c1cc(CN)sc1Br. The maximum absolute atomic E-state index is 12.2. The van der Waals surface area contributed by atoms with E-state index in [1.165, 1.54) is 11.3 Å². The third-order valence-corrected chi connectivity index (χ3v) is 6.79. The molecule has 1 aromatic rings. The zero-order chi connectivity index (χ0) is 15.3. The van der Waals surface area contributed by atoms with Crippen LogP contribution in [0.4, 0.5) is 0 Å². The summed E-state index contributed by atoms with van der Waals surface area (Å²) in [4.78, 5) is 3.30. The van der Waals surface area contributed by atoms with Crippen molar-refractivity contribution in [3.8, 4) is 0 Å². The zero-order valence-electron chi connectivity index (χ0n) is 12.0. The van der Waals surface area contributed by atoms with Gasteiger partial charge >= 0.3 is 0 Å². The van der Waals surface area contributed by atoms with E-state index in [2.05, 4.69) is 39.4 Å². The lowest BCUT2D eigenvalue weighted by Crippen LogP contribution is -2.31. The second-order valence-corrected chi connectivity index (χ2v) is 9.07. The molecule has 20 heavy (non-hydrogen) atoms. The van der Waals surface area contributed by atoms with Gasteiger partial charge < -0.3 is 10.6 Å². The van der Waals surface area contributed by atoms with Crippen molar-refractivity contribution in [2.24, 2.45) is 5.73 Å². The van der Waals surface area contributed by atoms with E-state index in [0.29, 0.717) is 22.9 Å². The average Bonchev–Trinajstić information content (AvgIpc) is 2.76. The van der Waals surface area contributed by atoms with Crippen LogP contribution < -0.4 is 10.5 Å². The number of sulfonamides is 1. The topological polar surface area (TPSA) is 75.4 Å². The fourth-order valence-electron chi connectivity index (χ4n) is 1.55. The summed E-state index contributed by atoms with van der Waals surface area (Å²) >= 11 is 4.63. The van der Waals surface area contributed by atoms with Gasteiger partial charge in [-0.05, 0) is 55.9 Å². The maximum atomic E-state index is 12.2. The molecular formula is C12H22BrN3O2S2. The lowest BCUT2D eigenvalue weighted by atomic mass is 10.3. The van der Waals surface area contributed by atoms with E-state index in [0.717, 1.165) is 17.8 Å². The number of halogens is 1. The number of hydrogen-bond acceptors (Lipinski definition) is 5. The minimum atomic E-state index is -3.46. The molecule has 0 atom stereocenters. The largest absolute Gasteiger partial charge is 0.326 e. The van der Waals surface area contributed by atoms with Crippen LogP contribution in [0.2, 0.25) is 0 Å². The molecule has 0 bridgehead atoms. The predicted octanol–water partition coefficient (Wildman–Crippen LogP) is 1.98. The number of thiophene rings is 1. The predicted molar refractivity (Wildman–Crippen MR) is 87.5 cm³/mol. The highest BCUT2D eigenvalue weighted by molar-refractivity contribution is 9.11. The van der Waals surface area contributed by atoms with Crippen LogP contribution in [0, 0.1) is 0 Å². The van der Waals surface area contributed by atoms with Gasteiger partial charge in [-0.3, -0.25) is 0 Å². The fraction of sp³-hybridized carbons (Fsp3) is 0.667. The molecule has 1 rings (SSSR count). The van der Waals surface area contributed by atoms with Crippen LogP contribution in [0.1, 0.15) is 25.1 Å². The number of nitrogens with two attached hydrogens (primary N) is 1. The lowest BCUT2D eigenvalue weighted by molar-refractivity contribution is 0.271. The van der Waals surface area contributed by atoms with Crippen molar-refractivity contribution in [3.05, 3.63) is 14.7 Å². The quantitative estimate of drug-likeness (QED) is 0.672. The van der Waals surface area contributed by atoms with E-state index >= 15 is 0 Å². The summed E-state index contributed by atoms with van der Waals surface area (Å²) in [5.41, 5.74) is 5.53. The number of rotatable bonds is 8. The second-order valence-electron chi connectivity index (χ2n) is 4.88. The van der Waals surface area contributed by atoms with E-state index in [9.17, 15) is 8.42 Å². The van der Waals surface area contributed by atoms with Crippen LogP contribution >= 0.6 is 27.3 Å². The average molecular weight is 384 g/mol. The molecule has 1 heterocycles. The van der Waals surface area contributed by atoms with Gasteiger partial charge in [0.2, 0.25) is 10.0 Å². The minimum absolute atomic E-state index is 0.278. The summed E-state index contributed by atoms with van der Waals surface area (Å²) < 4.78 is 27.6. The second kappa shape index (κ2) is 7.86.